The normalized spacial score (nSPS) is 13.9. The number of fused-ring (bicyclic) bond motifs is 1. The topological polar surface area (TPSA) is 126 Å². The highest BCUT2D eigenvalue weighted by molar-refractivity contribution is 6.30. The summed E-state index contributed by atoms with van der Waals surface area (Å²) in [5.41, 5.74) is 1.24. The molecule has 31 heavy (non-hydrogen) atoms. The molecule has 10 heteroatoms. The van der Waals surface area contributed by atoms with E-state index in [0.29, 0.717) is 28.1 Å². The number of nitrogens with one attached hydrogen (secondary N) is 1. The molecule has 0 spiro atoms. The lowest BCUT2D eigenvalue weighted by molar-refractivity contribution is 0.0546. The van der Waals surface area contributed by atoms with Gasteiger partial charge in [-0.15, -0.1) is 10.2 Å². The predicted octanol–water partition coefficient (Wildman–Crippen LogP) is 3.78. The van der Waals surface area contributed by atoms with Crippen LogP contribution in [-0.4, -0.2) is 44.7 Å². The van der Waals surface area contributed by atoms with Crippen LogP contribution in [0.5, 0.6) is 0 Å². The van der Waals surface area contributed by atoms with E-state index in [0.717, 1.165) is 4.90 Å². The fourth-order valence-electron chi connectivity index (χ4n) is 3.42. The van der Waals surface area contributed by atoms with Crippen molar-refractivity contribution in [1.82, 2.24) is 20.4 Å². The Labute approximate surface area is 181 Å². The lowest BCUT2D eigenvalue weighted by atomic mass is 10.1. The molecule has 158 valence electrons. The first-order chi connectivity index (χ1) is 15.0. The third-order valence-corrected chi connectivity index (χ3v) is 5.14. The van der Waals surface area contributed by atoms with Crippen molar-refractivity contribution in [1.29, 1.82) is 0 Å². The molecule has 3 aromatic rings. The summed E-state index contributed by atoms with van der Waals surface area (Å²) in [5.74, 6) is -0.599. The van der Waals surface area contributed by atoms with Gasteiger partial charge in [0.05, 0.1) is 11.1 Å². The summed E-state index contributed by atoms with van der Waals surface area (Å²) in [6.45, 7) is 0.146. The number of amides is 3. The van der Waals surface area contributed by atoms with E-state index in [1.54, 1.807) is 48.5 Å². The van der Waals surface area contributed by atoms with Crippen molar-refractivity contribution in [2.45, 2.75) is 18.9 Å². The highest BCUT2D eigenvalue weighted by Crippen LogP contribution is 2.34. The SMILES string of the molecule is O=C(O)NCCC[C@@H](c1nnc(-c2ccc(Cl)cc2)o1)N1C(=O)c2ccccc2C1=O. The van der Waals surface area contributed by atoms with Crippen LogP contribution in [0.2, 0.25) is 5.02 Å². The molecule has 4 rings (SSSR count). The molecule has 2 heterocycles. The third-order valence-electron chi connectivity index (χ3n) is 4.88. The summed E-state index contributed by atoms with van der Waals surface area (Å²) in [6, 6.07) is 12.5. The molecule has 1 aliphatic heterocycles. The molecule has 3 amide bonds. The lowest BCUT2D eigenvalue weighted by Crippen LogP contribution is -2.35. The molecule has 0 saturated heterocycles. The van der Waals surface area contributed by atoms with Gasteiger partial charge in [-0.25, -0.2) is 4.79 Å². The Morgan fingerprint density at radius 3 is 2.32 bits per heavy atom. The van der Waals surface area contributed by atoms with E-state index < -0.39 is 23.9 Å². The van der Waals surface area contributed by atoms with Gasteiger partial charge in [0, 0.05) is 17.1 Å². The molecule has 9 nitrogen and oxygen atoms in total. The largest absolute Gasteiger partial charge is 0.465 e. The van der Waals surface area contributed by atoms with Gasteiger partial charge in [-0.05, 0) is 49.2 Å². The summed E-state index contributed by atoms with van der Waals surface area (Å²) in [6.07, 6.45) is -0.558. The summed E-state index contributed by atoms with van der Waals surface area (Å²) in [5, 5.41) is 19.7. The Morgan fingerprint density at radius 1 is 1.06 bits per heavy atom. The number of carbonyl (C=O) groups is 3. The molecule has 1 atom stereocenters. The van der Waals surface area contributed by atoms with Crippen LogP contribution in [0, 0.1) is 0 Å². The molecule has 2 N–H and O–H groups in total. The van der Waals surface area contributed by atoms with Gasteiger partial charge in [0.15, 0.2) is 0 Å². The molecular formula is C21H17ClN4O5. The highest BCUT2D eigenvalue weighted by Gasteiger charge is 2.42. The van der Waals surface area contributed by atoms with Gasteiger partial charge in [0.25, 0.3) is 11.8 Å². The summed E-state index contributed by atoms with van der Waals surface area (Å²) in [7, 11) is 0. The minimum Gasteiger partial charge on any atom is -0.465 e. The van der Waals surface area contributed by atoms with Crippen LogP contribution in [0.1, 0.15) is 45.5 Å². The van der Waals surface area contributed by atoms with Crippen molar-refractivity contribution < 1.29 is 23.9 Å². The maximum atomic E-state index is 13.0. The standard InChI is InChI=1S/C21H17ClN4O5/c22-13-9-7-12(8-10-13)17-24-25-18(31-17)16(6-3-11-23-21(29)30)26-19(27)14-4-1-2-5-15(14)20(26)28/h1-2,4-5,7-10,16,23H,3,6,11H2,(H,29,30)/t16-/m0/s1. The smallest absolute Gasteiger partial charge is 0.404 e. The van der Waals surface area contributed by atoms with Gasteiger partial charge < -0.3 is 14.8 Å². The zero-order valence-electron chi connectivity index (χ0n) is 16.1. The van der Waals surface area contributed by atoms with Gasteiger partial charge in [0.1, 0.15) is 6.04 Å². The summed E-state index contributed by atoms with van der Waals surface area (Å²) >= 11 is 5.91. The summed E-state index contributed by atoms with van der Waals surface area (Å²) < 4.78 is 5.81. The molecule has 0 saturated carbocycles. The Hall–Kier alpha value is -3.72. The number of nitrogens with zero attached hydrogens (tertiary/aromatic N) is 3. The molecule has 0 radical (unpaired) electrons. The van der Waals surface area contributed by atoms with Gasteiger partial charge in [-0.3, -0.25) is 14.5 Å². The van der Waals surface area contributed by atoms with Crippen molar-refractivity contribution in [2.24, 2.45) is 0 Å². The number of benzene rings is 2. The Morgan fingerprint density at radius 2 is 1.71 bits per heavy atom. The van der Waals surface area contributed by atoms with Crippen LogP contribution in [-0.2, 0) is 0 Å². The fourth-order valence-corrected chi connectivity index (χ4v) is 3.55. The van der Waals surface area contributed by atoms with Crippen LogP contribution < -0.4 is 5.32 Å². The predicted molar refractivity (Wildman–Crippen MR) is 110 cm³/mol. The van der Waals surface area contributed by atoms with Crippen molar-refractivity contribution in [2.75, 3.05) is 6.54 Å². The van der Waals surface area contributed by atoms with Gasteiger partial charge in [-0.1, -0.05) is 23.7 Å². The Kier molecular flexibility index (Phi) is 5.68. The molecule has 0 aliphatic carbocycles. The van der Waals surface area contributed by atoms with Crippen LogP contribution in [0.3, 0.4) is 0 Å². The average Bonchev–Trinajstić information content (AvgIpc) is 3.34. The van der Waals surface area contributed by atoms with Crippen LogP contribution in [0.4, 0.5) is 4.79 Å². The minimum atomic E-state index is -1.15. The first kappa shape index (κ1) is 20.5. The number of hydrogen-bond donors (Lipinski definition) is 2. The number of hydrogen-bond acceptors (Lipinski definition) is 6. The van der Waals surface area contributed by atoms with Crippen molar-refractivity contribution in [3.63, 3.8) is 0 Å². The fraction of sp³-hybridized carbons (Fsp3) is 0.190. The van der Waals surface area contributed by atoms with E-state index in [2.05, 4.69) is 15.5 Å². The second kappa shape index (κ2) is 8.57. The second-order valence-corrected chi connectivity index (χ2v) is 7.30. The third kappa shape index (κ3) is 4.13. The Balaban J connectivity index is 1.64. The quantitative estimate of drug-likeness (QED) is 0.423. The van der Waals surface area contributed by atoms with Crippen molar-refractivity contribution in [3.05, 3.63) is 70.6 Å². The highest BCUT2D eigenvalue weighted by atomic mass is 35.5. The van der Waals surface area contributed by atoms with Crippen LogP contribution >= 0.6 is 11.6 Å². The maximum Gasteiger partial charge on any atom is 0.404 e. The molecule has 1 aliphatic rings. The number of rotatable bonds is 7. The number of aromatic nitrogens is 2. The number of carboxylic acid groups (broad SMARTS) is 1. The molecule has 0 bridgehead atoms. The maximum absolute atomic E-state index is 13.0. The zero-order chi connectivity index (χ0) is 22.0. The number of carbonyl (C=O) groups excluding carboxylic acids is 2. The van der Waals surface area contributed by atoms with E-state index >= 15 is 0 Å². The van der Waals surface area contributed by atoms with E-state index in [1.807, 2.05) is 0 Å². The molecule has 2 aromatic carbocycles. The second-order valence-electron chi connectivity index (χ2n) is 6.87. The van der Waals surface area contributed by atoms with E-state index in [4.69, 9.17) is 21.1 Å². The molecule has 0 fully saturated rings. The molecule has 0 unspecified atom stereocenters. The molecular weight excluding hydrogens is 424 g/mol. The van der Waals surface area contributed by atoms with E-state index in [9.17, 15) is 14.4 Å². The Bertz CT molecular complexity index is 1110. The average molecular weight is 441 g/mol. The van der Waals surface area contributed by atoms with Crippen molar-refractivity contribution >= 4 is 29.5 Å². The van der Waals surface area contributed by atoms with Crippen molar-refractivity contribution in [3.8, 4) is 11.5 Å². The van der Waals surface area contributed by atoms with Crippen LogP contribution in [0.15, 0.2) is 52.9 Å². The first-order valence-electron chi connectivity index (χ1n) is 9.49. The van der Waals surface area contributed by atoms with E-state index in [1.165, 1.54) is 0 Å². The monoisotopic (exact) mass is 440 g/mol. The van der Waals surface area contributed by atoms with Crippen LogP contribution in [0.25, 0.3) is 11.5 Å². The van der Waals surface area contributed by atoms with Gasteiger partial charge in [0.2, 0.25) is 11.8 Å². The first-order valence-corrected chi connectivity index (χ1v) is 9.86. The van der Waals surface area contributed by atoms with Gasteiger partial charge >= 0.3 is 6.09 Å². The lowest BCUT2D eigenvalue weighted by Gasteiger charge is -2.23. The molecule has 1 aromatic heterocycles. The number of imide groups is 1. The number of halogens is 1. The van der Waals surface area contributed by atoms with E-state index in [-0.39, 0.29) is 24.7 Å². The summed E-state index contributed by atoms with van der Waals surface area (Å²) in [4.78, 5) is 37.8. The minimum absolute atomic E-state index is 0.0924. The van der Waals surface area contributed by atoms with Gasteiger partial charge in [-0.2, -0.15) is 0 Å². The zero-order valence-corrected chi connectivity index (χ0v) is 16.9.